The summed E-state index contributed by atoms with van der Waals surface area (Å²) in [7, 11) is 0. The SMILES string of the molecule is CC[C@@H](C)NC(=O)[C@H](CC)N(Cc1ccccc1)C(=O)CSCc1ccc(Cl)cc1. The average Bonchev–Trinajstić information content (AvgIpc) is 2.75. The van der Waals surface area contributed by atoms with Crippen LogP contribution in [0.1, 0.15) is 44.7 Å². The maximum Gasteiger partial charge on any atom is 0.243 e. The van der Waals surface area contributed by atoms with Crippen molar-refractivity contribution in [3.63, 3.8) is 0 Å². The van der Waals surface area contributed by atoms with Crippen molar-refractivity contribution >= 4 is 35.2 Å². The molecule has 0 spiro atoms. The van der Waals surface area contributed by atoms with Gasteiger partial charge in [0.05, 0.1) is 5.75 Å². The summed E-state index contributed by atoms with van der Waals surface area (Å²) in [5.41, 5.74) is 2.14. The zero-order valence-electron chi connectivity index (χ0n) is 17.9. The Kier molecular flexibility index (Phi) is 10.2. The van der Waals surface area contributed by atoms with Crippen LogP contribution in [0.4, 0.5) is 0 Å². The predicted molar refractivity (Wildman–Crippen MR) is 127 cm³/mol. The van der Waals surface area contributed by atoms with Gasteiger partial charge in [0.2, 0.25) is 11.8 Å². The Morgan fingerprint density at radius 1 is 1.00 bits per heavy atom. The quantitative estimate of drug-likeness (QED) is 0.509. The van der Waals surface area contributed by atoms with Crippen molar-refractivity contribution in [2.45, 2.75) is 58.0 Å². The van der Waals surface area contributed by atoms with Crippen LogP contribution in [0.2, 0.25) is 5.02 Å². The molecule has 6 heteroatoms. The van der Waals surface area contributed by atoms with Gasteiger partial charge in [0.25, 0.3) is 0 Å². The van der Waals surface area contributed by atoms with E-state index in [1.54, 1.807) is 16.7 Å². The minimum absolute atomic E-state index is 0.0241. The van der Waals surface area contributed by atoms with Crippen LogP contribution in [0.15, 0.2) is 54.6 Å². The number of amides is 2. The molecule has 0 aromatic heterocycles. The third-order valence-corrected chi connectivity index (χ3v) is 6.23. The maximum absolute atomic E-state index is 13.2. The minimum Gasteiger partial charge on any atom is -0.352 e. The smallest absolute Gasteiger partial charge is 0.243 e. The summed E-state index contributed by atoms with van der Waals surface area (Å²) in [6.07, 6.45) is 1.43. The molecule has 0 radical (unpaired) electrons. The number of rotatable bonds is 11. The molecule has 1 N–H and O–H groups in total. The van der Waals surface area contributed by atoms with Crippen molar-refractivity contribution in [2.24, 2.45) is 0 Å². The Balaban J connectivity index is 2.09. The zero-order chi connectivity index (χ0) is 21.9. The Morgan fingerprint density at radius 3 is 2.27 bits per heavy atom. The van der Waals surface area contributed by atoms with Crippen molar-refractivity contribution in [3.8, 4) is 0 Å². The minimum atomic E-state index is -0.483. The normalized spacial score (nSPS) is 12.8. The molecular formula is C24H31ClN2O2S. The second-order valence-electron chi connectivity index (χ2n) is 7.37. The number of halogens is 1. The number of thioether (sulfide) groups is 1. The van der Waals surface area contributed by atoms with E-state index in [0.717, 1.165) is 23.3 Å². The van der Waals surface area contributed by atoms with Crippen LogP contribution in [0.3, 0.4) is 0 Å². The van der Waals surface area contributed by atoms with Crippen molar-refractivity contribution in [3.05, 3.63) is 70.7 Å². The van der Waals surface area contributed by atoms with Gasteiger partial charge in [-0.15, -0.1) is 11.8 Å². The summed E-state index contributed by atoms with van der Waals surface area (Å²) in [4.78, 5) is 27.8. The van der Waals surface area contributed by atoms with Gasteiger partial charge in [-0.2, -0.15) is 0 Å². The molecule has 2 atom stereocenters. The molecule has 0 aliphatic heterocycles. The fraction of sp³-hybridized carbons (Fsp3) is 0.417. The van der Waals surface area contributed by atoms with Gasteiger partial charge < -0.3 is 10.2 Å². The molecule has 162 valence electrons. The van der Waals surface area contributed by atoms with Gasteiger partial charge in [-0.05, 0) is 43.0 Å². The van der Waals surface area contributed by atoms with Crippen LogP contribution >= 0.6 is 23.4 Å². The lowest BCUT2D eigenvalue weighted by Crippen LogP contribution is -2.51. The number of carbonyl (C=O) groups excluding carboxylic acids is 2. The highest BCUT2D eigenvalue weighted by atomic mass is 35.5. The third kappa shape index (κ3) is 7.69. The molecule has 0 unspecified atom stereocenters. The lowest BCUT2D eigenvalue weighted by atomic mass is 10.1. The number of hydrogen-bond donors (Lipinski definition) is 1. The molecule has 2 rings (SSSR count). The number of carbonyl (C=O) groups is 2. The van der Waals surface area contributed by atoms with Gasteiger partial charge in [0, 0.05) is 23.4 Å². The van der Waals surface area contributed by atoms with E-state index in [4.69, 9.17) is 11.6 Å². The molecule has 0 heterocycles. The van der Waals surface area contributed by atoms with Crippen molar-refractivity contribution in [2.75, 3.05) is 5.75 Å². The van der Waals surface area contributed by atoms with E-state index in [0.29, 0.717) is 23.7 Å². The number of nitrogens with zero attached hydrogens (tertiary/aromatic N) is 1. The molecular weight excluding hydrogens is 416 g/mol. The molecule has 2 amide bonds. The molecule has 2 aromatic rings. The lowest BCUT2D eigenvalue weighted by molar-refractivity contribution is -0.139. The summed E-state index contributed by atoms with van der Waals surface area (Å²) in [6.45, 7) is 6.39. The lowest BCUT2D eigenvalue weighted by Gasteiger charge is -2.31. The Labute approximate surface area is 189 Å². The second kappa shape index (κ2) is 12.7. The average molecular weight is 447 g/mol. The van der Waals surface area contributed by atoms with Crippen LogP contribution < -0.4 is 5.32 Å². The van der Waals surface area contributed by atoms with Gasteiger partial charge in [-0.3, -0.25) is 9.59 Å². The Hall–Kier alpha value is -1.98. The fourth-order valence-electron chi connectivity index (χ4n) is 3.06. The van der Waals surface area contributed by atoms with E-state index in [-0.39, 0.29) is 17.9 Å². The summed E-state index contributed by atoms with van der Waals surface area (Å²) < 4.78 is 0. The highest BCUT2D eigenvalue weighted by Gasteiger charge is 2.29. The first-order valence-corrected chi connectivity index (χ1v) is 11.9. The Morgan fingerprint density at radius 2 is 1.67 bits per heavy atom. The largest absolute Gasteiger partial charge is 0.352 e. The highest BCUT2D eigenvalue weighted by Crippen LogP contribution is 2.18. The molecule has 0 saturated heterocycles. The van der Waals surface area contributed by atoms with Gasteiger partial charge in [0.1, 0.15) is 6.04 Å². The first-order chi connectivity index (χ1) is 14.4. The molecule has 0 aliphatic rings. The first-order valence-electron chi connectivity index (χ1n) is 10.4. The predicted octanol–water partition coefficient (Wildman–Crippen LogP) is 5.30. The summed E-state index contributed by atoms with van der Waals surface area (Å²) in [5, 5.41) is 3.74. The summed E-state index contributed by atoms with van der Waals surface area (Å²) >= 11 is 7.49. The number of nitrogens with one attached hydrogen (secondary N) is 1. The van der Waals surface area contributed by atoms with E-state index in [2.05, 4.69) is 5.32 Å². The van der Waals surface area contributed by atoms with Gasteiger partial charge in [-0.25, -0.2) is 0 Å². The van der Waals surface area contributed by atoms with E-state index >= 15 is 0 Å². The van der Waals surface area contributed by atoms with E-state index in [1.165, 1.54) is 0 Å². The van der Waals surface area contributed by atoms with Crippen LogP contribution in [-0.4, -0.2) is 34.6 Å². The third-order valence-electron chi connectivity index (χ3n) is 4.99. The highest BCUT2D eigenvalue weighted by molar-refractivity contribution is 7.99. The molecule has 0 fully saturated rings. The molecule has 4 nitrogen and oxygen atoms in total. The van der Waals surface area contributed by atoms with Crippen LogP contribution in [0.25, 0.3) is 0 Å². The number of hydrogen-bond acceptors (Lipinski definition) is 3. The molecule has 0 aliphatic carbocycles. The fourth-order valence-corrected chi connectivity index (χ4v) is 4.06. The van der Waals surface area contributed by atoms with Gasteiger partial charge in [0.15, 0.2) is 0 Å². The zero-order valence-corrected chi connectivity index (χ0v) is 19.5. The summed E-state index contributed by atoms with van der Waals surface area (Å²) in [5.74, 6) is 0.934. The number of benzene rings is 2. The molecule has 0 saturated carbocycles. The Bertz CT molecular complexity index is 799. The second-order valence-corrected chi connectivity index (χ2v) is 8.79. The van der Waals surface area contributed by atoms with Crippen LogP contribution in [0.5, 0.6) is 0 Å². The van der Waals surface area contributed by atoms with Crippen molar-refractivity contribution < 1.29 is 9.59 Å². The first kappa shape index (κ1) is 24.3. The van der Waals surface area contributed by atoms with Crippen molar-refractivity contribution in [1.29, 1.82) is 0 Å². The standard InChI is InChI=1S/C24H31ClN2O2S/c1-4-18(3)26-24(29)22(5-2)27(15-19-9-7-6-8-10-19)23(28)17-30-16-20-11-13-21(25)14-12-20/h6-14,18,22H,4-5,15-17H2,1-3H3,(H,26,29)/t18-,22+/m1/s1. The summed E-state index contributed by atoms with van der Waals surface area (Å²) in [6, 6.07) is 17.1. The topological polar surface area (TPSA) is 49.4 Å². The van der Waals surface area contributed by atoms with E-state index in [1.807, 2.05) is 75.4 Å². The maximum atomic E-state index is 13.2. The van der Waals surface area contributed by atoms with Crippen LogP contribution in [-0.2, 0) is 21.9 Å². The molecule has 2 aromatic carbocycles. The van der Waals surface area contributed by atoms with Gasteiger partial charge >= 0.3 is 0 Å². The van der Waals surface area contributed by atoms with Gasteiger partial charge in [-0.1, -0.05) is 67.9 Å². The van der Waals surface area contributed by atoms with Crippen molar-refractivity contribution in [1.82, 2.24) is 10.2 Å². The monoisotopic (exact) mass is 446 g/mol. The van der Waals surface area contributed by atoms with Crippen LogP contribution in [0, 0.1) is 0 Å². The molecule has 30 heavy (non-hydrogen) atoms. The van der Waals surface area contributed by atoms with E-state index in [9.17, 15) is 9.59 Å². The van der Waals surface area contributed by atoms with E-state index < -0.39 is 6.04 Å². The molecule has 0 bridgehead atoms.